The van der Waals surface area contributed by atoms with Gasteiger partial charge in [0.15, 0.2) is 0 Å². The highest BCUT2D eigenvalue weighted by molar-refractivity contribution is 6.31. The van der Waals surface area contributed by atoms with Crippen molar-refractivity contribution in [2.45, 2.75) is 0 Å². The topological polar surface area (TPSA) is 4.93 Å². The Morgan fingerprint density at radius 3 is 2.87 bits per heavy atom. The fourth-order valence-corrected chi connectivity index (χ4v) is 2.02. The van der Waals surface area contributed by atoms with E-state index >= 15 is 0 Å². The second-order valence-electron chi connectivity index (χ2n) is 3.55. The molecule has 0 atom stereocenters. The molecule has 1 heterocycles. The molecular weight excluding hydrogens is 229 g/mol. The van der Waals surface area contributed by atoms with Crippen LogP contribution in [0.5, 0.6) is 0 Å². The monoisotopic (exact) mass is 239 g/mol. The molecule has 78 valence electrons. The molecule has 0 aliphatic rings. The second kappa shape index (κ2) is 3.92. The lowest BCUT2D eigenvalue weighted by atomic mass is 10.1. The molecule has 2 aromatic rings. The van der Waals surface area contributed by atoms with Gasteiger partial charge in [0.25, 0.3) is 0 Å². The molecule has 15 heavy (non-hydrogen) atoms. The molecule has 2 rings (SSSR count). The summed E-state index contributed by atoms with van der Waals surface area (Å²) in [4.78, 5) is 0. The van der Waals surface area contributed by atoms with Gasteiger partial charge in [-0.1, -0.05) is 24.2 Å². The number of allylic oxidation sites excluding steroid dienone is 1. The molecule has 0 unspecified atom stereocenters. The summed E-state index contributed by atoms with van der Waals surface area (Å²) in [5.74, 6) is 0.446. The van der Waals surface area contributed by atoms with Crippen molar-refractivity contribution in [3.8, 4) is 0 Å². The molecule has 0 aliphatic carbocycles. The van der Waals surface area contributed by atoms with Crippen molar-refractivity contribution in [2.75, 3.05) is 5.88 Å². The van der Waals surface area contributed by atoms with Crippen molar-refractivity contribution in [1.29, 1.82) is 0 Å². The van der Waals surface area contributed by atoms with Gasteiger partial charge in [-0.25, -0.2) is 0 Å². The standard InChI is InChI=1S/C12H11Cl2N/c1-8(6-13)11-7-15(2)12-5-9(14)3-4-10(11)12/h3-5,7H,1,6H2,2H3. The van der Waals surface area contributed by atoms with Crippen LogP contribution in [0.3, 0.4) is 0 Å². The van der Waals surface area contributed by atoms with Crippen LogP contribution >= 0.6 is 23.2 Å². The van der Waals surface area contributed by atoms with E-state index in [1.165, 1.54) is 0 Å². The van der Waals surface area contributed by atoms with Crippen LogP contribution in [0.4, 0.5) is 0 Å². The Morgan fingerprint density at radius 1 is 1.47 bits per heavy atom. The highest BCUT2D eigenvalue weighted by Crippen LogP contribution is 2.28. The van der Waals surface area contributed by atoms with Crippen molar-refractivity contribution in [3.05, 3.63) is 41.6 Å². The fraction of sp³-hybridized carbons (Fsp3) is 0.167. The maximum atomic E-state index is 5.95. The predicted octanol–water partition coefficient (Wildman–Crippen LogP) is 4.08. The highest BCUT2D eigenvalue weighted by Gasteiger charge is 2.08. The number of hydrogen-bond donors (Lipinski definition) is 0. The molecule has 0 radical (unpaired) electrons. The molecule has 0 amide bonds. The van der Waals surface area contributed by atoms with Crippen LogP contribution in [0.15, 0.2) is 31.0 Å². The molecule has 0 aliphatic heterocycles. The van der Waals surface area contributed by atoms with E-state index in [4.69, 9.17) is 23.2 Å². The van der Waals surface area contributed by atoms with E-state index in [2.05, 4.69) is 6.58 Å². The predicted molar refractivity (Wildman–Crippen MR) is 67.7 cm³/mol. The summed E-state index contributed by atoms with van der Waals surface area (Å²) in [6.45, 7) is 3.95. The van der Waals surface area contributed by atoms with E-state index in [0.29, 0.717) is 5.88 Å². The van der Waals surface area contributed by atoms with Crippen LogP contribution in [0.2, 0.25) is 5.02 Å². The van der Waals surface area contributed by atoms with E-state index in [1.54, 1.807) is 0 Å². The first-order valence-electron chi connectivity index (χ1n) is 4.62. The van der Waals surface area contributed by atoms with Crippen LogP contribution in [0, 0.1) is 0 Å². The van der Waals surface area contributed by atoms with E-state index < -0.39 is 0 Å². The van der Waals surface area contributed by atoms with Gasteiger partial charge in [-0.2, -0.15) is 0 Å². The number of alkyl halides is 1. The van der Waals surface area contributed by atoms with Gasteiger partial charge in [-0.15, -0.1) is 11.6 Å². The Kier molecular flexibility index (Phi) is 2.76. The lowest BCUT2D eigenvalue weighted by molar-refractivity contribution is 0.967. The van der Waals surface area contributed by atoms with Crippen molar-refractivity contribution < 1.29 is 0 Å². The SMILES string of the molecule is C=C(CCl)c1cn(C)c2cc(Cl)ccc12. The lowest BCUT2D eigenvalue weighted by Gasteiger charge is -1.98. The third kappa shape index (κ3) is 1.77. The summed E-state index contributed by atoms with van der Waals surface area (Å²) in [6, 6.07) is 5.83. The minimum Gasteiger partial charge on any atom is -0.350 e. The Hall–Kier alpha value is -0.920. The van der Waals surface area contributed by atoms with Crippen molar-refractivity contribution >= 4 is 39.7 Å². The molecule has 1 nitrogen and oxygen atoms in total. The molecule has 0 fully saturated rings. The van der Waals surface area contributed by atoms with Crippen molar-refractivity contribution in [1.82, 2.24) is 4.57 Å². The number of rotatable bonds is 2. The summed E-state index contributed by atoms with van der Waals surface area (Å²) in [7, 11) is 1.99. The van der Waals surface area contributed by atoms with Gasteiger partial charge < -0.3 is 4.57 Å². The smallest absolute Gasteiger partial charge is 0.0498 e. The summed E-state index contributed by atoms with van der Waals surface area (Å²) >= 11 is 11.7. The van der Waals surface area contributed by atoms with E-state index in [0.717, 1.165) is 27.1 Å². The first-order chi connectivity index (χ1) is 7.13. The zero-order valence-corrected chi connectivity index (χ0v) is 9.94. The molecule has 0 saturated carbocycles. The molecule has 1 aromatic heterocycles. The van der Waals surface area contributed by atoms with Gasteiger partial charge >= 0.3 is 0 Å². The summed E-state index contributed by atoms with van der Waals surface area (Å²) in [6.07, 6.45) is 2.03. The van der Waals surface area contributed by atoms with E-state index in [1.807, 2.05) is 36.0 Å². The van der Waals surface area contributed by atoms with Crippen LogP contribution in [-0.2, 0) is 7.05 Å². The van der Waals surface area contributed by atoms with Gasteiger partial charge in [-0.05, 0) is 17.7 Å². The maximum absolute atomic E-state index is 5.95. The Labute approximate surface area is 98.9 Å². The van der Waals surface area contributed by atoms with Crippen molar-refractivity contribution in [3.63, 3.8) is 0 Å². The van der Waals surface area contributed by atoms with Gasteiger partial charge in [0.1, 0.15) is 0 Å². The molecular formula is C12H11Cl2N. The zero-order chi connectivity index (χ0) is 11.0. The third-order valence-electron chi connectivity index (χ3n) is 2.49. The molecule has 1 aromatic carbocycles. The molecule has 0 bridgehead atoms. The van der Waals surface area contributed by atoms with Gasteiger partial charge in [-0.3, -0.25) is 0 Å². The molecule has 3 heteroatoms. The summed E-state index contributed by atoms with van der Waals surface area (Å²) in [5.41, 5.74) is 3.13. The number of halogens is 2. The average Bonchev–Trinajstić information content (AvgIpc) is 2.55. The number of aromatic nitrogens is 1. The Bertz CT molecular complexity index is 526. The molecule has 0 spiro atoms. The second-order valence-corrected chi connectivity index (χ2v) is 4.26. The largest absolute Gasteiger partial charge is 0.350 e. The van der Waals surface area contributed by atoms with Crippen molar-refractivity contribution in [2.24, 2.45) is 7.05 Å². The molecule has 0 saturated heterocycles. The van der Waals surface area contributed by atoms with Crippen LogP contribution in [-0.4, -0.2) is 10.4 Å². The number of nitrogens with zero attached hydrogens (tertiary/aromatic N) is 1. The first kappa shape index (κ1) is 10.6. The van der Waals surface area contributed by atoms with Crippen LogP contribution < -0.4 is 0 Å². The summed E-state index contributed by atoms with van der Waals surface area (Å²) in [5, 5.41) is 1.89. The number of aryl methyl sites for hydroxylation is 1. The Balaban J connectivity index is 2.73. The maximum Gasteiger partial charge on any atom is 0.0498 e. The fourth-order valence-electron chi connectivity index (χ4n) is 1.71. The summed E-state index contributed by atoms with van der Waals surface area (Å²) < 4.78 is 2.04. The van der Waals surface area contributed by atoms with Gasteiger partial charge in [0.2, 0.25) is 0 Å². The lowest BCUT2D eigenvalue weighted by Crippen LogP contribution is -1.83. The Morgan fingerprint density at radius 2 is 2.20 bits per heavy atom. The van der Waals surface area contributed by atoms with E-state index in [-0.39, 0.29) is 0 Å². The molecule has 0 N–H and O–H groups in total. The highest BCUT2D eigenvalue weighted by atomic mass is 35.5. The quantitative estimate of drug-likeness (QED) is 0.697. The number of fused-ring (bicyclic) bond motifs is 1. The number of benzene rings is 1. The third-order valence-corrected chi connectivity index (χ3v) is 3.05. The first-order valence-corrected chi connectivity index (χ1v) is 5.53. The zero-order valence-electron chi connectivity index (χ0n) is 8.43. The van der Waals surface area contributed by atoms with E-state index in [9.17, 15) is 0 Å². The normalized spacial score (nSPS) is 10.9. The van der Waals surface area contributed by atoms with Gasteiger partial charge in [0.05, 0.1) is 0 Å². The minimum atomic E-state index is 0.446. The average molecular weight is 240 g/mol. The number of hydrogen-bond acceptors (Lipinski definition) is 0. The van der Waals surface area contributed by atoms with Crippen LogP contribution in [0.25, 0.3) is 16.5 Å². The van der Waals surface area contributed by atoms with Crippen LogP contribution in [0.1, 0.15) is 5.56 Å². The van der Waals surface area contributed by atoms with Gasteiger partial charge in [0, 0.05) is 40.6 Å². The minimum absolute atomic E-state index is 0.446.